The van der Waals surface area contributed by atoms with Crippen molar-refractivity contribution in [3.8, 4) is 11.5 Å². The van der Waals surface area contributed by atoms with E-state index in [0.29, 0.717) is 30.1 Å². The second kappa shape index (κ2) is 8.22. The maximum atomic E-state index is 12.3. The van der Waals surface area contributed by atoms with E-state index in [0.717, 1.165) is 24.3 Å². The predicted molar refractivity (Wildman–Crippen MR) is 106 cm³/mol. The van der Waals surface area contributed by atoms with Crippen molar-refractivity contribution in [1.29, 1.82) is 0 Å². The first-order valence-electron chi connectivity index (χ1n) is 8.91. The van der Waals surface area contributed by atoms with Gasteiger partial charge >= 0.3 is 5.97 Å². The molecule has 142 valence electrons. The molecule has 2 heterocycles. The Bertz CT molecular complexity index is 953. The third-order valence-corrected chi connectivity index (χ3v) is 5.03. The van der Waals surface area contributed by atoms with Gasteiger partial charge in [0.2, 0.25) is 5.91 Å². The number of nitrogens with zero attached hydrogens (tertiary/aromatic N) is 2. The van der Waals surface area contributed by atoms with E-state index in [1.807, 2.05) is 5.38 Å². The Kier molecular flexibility index (Phi) is 5.34. The van der Waals surface area contributed by atoms with E-state index in [-0.39, 0.29) is 5.91 Å². The zero-order chi connectivity index (χ0) is 19.3. The van der Waals surface area contributed by atoms with E-state index in [1.54, 1.807) is 58.9 Å². The van der Waals surface area contributed by atoms with E-state index < -0.39 is 5.97 Å². The molecule has 4 rings (SSSR count). The van der Waals surface area contributed by atoms with Gasteiger partial charge in [-0.1, -0.05) is 0 Å². The highest BCUT2D eigenvalue weighted by atomic mass is 32.1. The highest BCUT2D eigenvalue weighted by Gasteiger charge is 2.21. The summed E-state index contributed by atoms with van der Waals surface area (Å²) in [5.74, 6) is 0.770. The molecule has 0 unspecified atom stereocenters. The molecule has 2 aromatic carbocycles. The molecule has 3 aromatic rings. The van der Waals surface area contributed by atoms with Gasteiger partial charge in [0.1, 0.15) is 18.1 Å². The highest BCUT2D eigenvalue weighted by Crippen LogP contribution is 2.24. The molecule has 0 radical (unpaired) electrons. The van der Waals surface area contributed by atoms with Crippen LogP contribution in [-0.2, 0) is 11.4 Å². The van der Waals surface area contributed by atoms with Gasteiger partial charge in [0, 0.05) is 24.0 Å². The lowest BCUT2D eigenvalue weighted by atomic mass is 10.2. The number of aromatic nitrogens is 1. The van der Waals surface area contributed by atoms with E-state index in [1.165, 1.54) is 11.3 Å². The van der Waals surface area contributed by atoms with Crippen LogP contribution in [0.4, 0.5) is 5.69 Å². The molecule has 6 nitrogen and oxygen atoms in total. The van der Waals surface area contributed by atoms with Crippen LogP contribution in [0.3, 0.4) is 0 Å². The normalized spacial score (nSPS) is 13.6. The van der Waals surface area contributed by atoms with Gasteiger partial charge in [-0.25, -0.2) is 9.78 Å². The average molecular weight is 394 g/mol. The number of carbonyl (C=O) groups is 2. The molecule has 7 heteroatoms. The van der Waals surface area contributed by atoms with Crippen LogP contribution in [0, 0.1) is 0 Å². The fourth-order valence-electron chi connectivity index (χ4n) is 2.93. The zero-order valence-corrected chi connectivity index (χ0v) is 15.9. The third-order valence-electron chi connectivity index (χ3n) is 4.39. The van der Waals surface area contributed by atoms with Gasteiger partial charge in [0.15, 0.2) is 0 Å². The number of thiazole rings is 1. The van der Waals surface area contributed by atoms with Crippen LogP contribution in [0.15, 0.2) is 59.4 Å². The maximum absolute atomic E-state index is 12.3. The topological polar surface area (TPSA) is 68.7 Å². The molecule has 1 fully saturated rings. The summed E-state index contributed by atoms with van der Waals surface area (Å²) < 4.78 is 11.0. The van der Waals surface area contributed by atoms with Crippen molar-refractivity contribution in [3.63, 3.8) is 0 Å². The molecule has 0 saturated carbocycles. The maximum Gasteiger partial charge on any atom is 0.343 e. The summed E-state index contributed by atoms with van der Waals surface area (Å²) in [4.78, 5) is 30.0. The average Bonchev–Trinajstić information content (AvgIpc) is 3.39. The second-order valence-corrected chi connectivity index (χ2v) is 7.04. The van der Waals surface area contributed by atoms with Gasteiger partial charge < -0.3 is 14.4 Å². The third kappa shape index (κ3) is 4.20. The van der Waals surface area contributed by atoms with E-state index in [2.05, 4.69) is 4.98 Å². The number of ether oxygens (including phenoxy) is 2. The molecular weight excluding hydrogens is 376 g/mol. The summed E-state index contributed by atoms with van der Waals surface area (Å²) in [7, 11) is 0. The Hall–Kier alpha value is -3.19. The summed E-state index contributed by atoms with van der Waals surface area (Å²) in [5.41, 5.74) is 3.88. The largest absolute Gasteiger partial charge is 0.487 e. The first-order valence-corrected chi connectivity index (χ1v) is 9.86. The molecule has 0 spiro atoms. The minimum absolute atomic E-state index is 0.127. The van der Waals surface area contributed by atoms with Crippen molar-refractivity contribution >= 4 is 28.9 Å². The lowest BCUT2D eigenvalue weighted by molar-refractivity contribution is -0.117. The Morgan fingerprint density at radius 2 is 1.82 bits per heavy atom. The minimum Gasteiger partial charge on any atom is -0.487 e. The van der Waals surface area contributed by atoms with Crippen LogP contribution < -0.4 is 14.4 Å². The van der Waals surface area contributed by atoms with E-state index >= 15 is 0 Å². The lowest BCUT2D eigenvalue weighted by Crippen LogP contribution is -2.23. The van der Waals surface area contributed by atoms with E-state index in [9.17, 15) is 9.59 Å². The first-order chi connectivity index (χ1) is 13.7. The number of carbonyl (C=O) groups excluding carboxylic acids is 2. The molecule has 1 aromatic heterocycles. The standard InChI is InChI=1S/C21H18N2O4S/c24-20-2-1-11-23(20)17-5-9-19(10-6-17)27-21(25)15-3-7-18(8-4-15)26-12-16-13-28-14-22-16/h3-10,13-14H,1-2,11-12H2. The summed E-state index contributed by atoms with van der Waals surface area (Å²) in [6.45, 7) is 1.12. The number of anilines is 1. The smallest absolute Gasteiger partial charge is 0.343 e. The highest BCUT2D eigenvalue weighted by molar-refractivity contribution is 7.07. The Morgan fingerprint density at radius 3 is 2.46 bits per heavy atom. The lowest BCUT2D eigenvalue weighted by Gasteiger charge is -2.15. The number of rotatable bonds is 6. The Morgan fingerprint density at radius 1 is 1.07 bits per heavy atom. The molecule has 1 aliphatic heterocycles. The molecule has 1 saturated heterocycles. The van der Waals surface area contributed by atoms with Gasteiger partial charge in [-0.15, -0.1) is 11.3 Å². The summed E-state index contributed by atoms with van der Waals surface area (Å²) in [6, 6.07) is 13.8. The molecule has 28 heavy (non-hydrogen) atoms. The van der Waals surface area contributed by atoms with Crippen LogP contribution >= 0.6 is 11.3 Å². The van der Waals surface area contributed by atoms with Crippen molar-refractivity contribution in [3.05, 3.63) is 70.7 Å². The predicted octanol–water partition coefficient (Wildman–Crippen LogP) is 4.07. The number of amides is 1. The van der Waals surface area contributed by atoms with Crippen molar-refractivity contribution in [1.82, 2.24) is 4.98 Å². The molecule has 0 bridgehead atoms. The van der Waals surface area contributed by atoms with Crippen molar-refractivity contribution in [2.45, 2.75) is 19.4 Å². The van der Waals surface area contributed by atoms with Gasteiger partial charge in [0.05, 0.1) is 16.8 Å². The van der Waals surface area contributed by atoms with Crippen LogP contribution in [0.5, 0.6) is 11.5 Å². The van der Waals surface area contributed by atoms with Gasteiger partial charge in [-0.2, -0.15) is 0 Å². The summed E-state index contributed by atoms with van der Waals surface area (Å²) >= 11 is 1.52. The van der Waals surface area contributed by atoms with Gasteiger partial charge in [-0.05, 0) is 55.0 Å². The minimum atomic E-state index is -0.448. The van der Waals surface area contributed by atoms with Crippen LogP contribution in [-0.4, -0.2) is 23.4 Å². The Labute approximate surface area is 166 Å². The molecule has 0 atom stereocenters. The second-order valence-electron chi connectivity index (χ2n) is 6.33. The number of hydrogen-bond donors (Lipinski definition) is 0. The van der Waals surface area contributed by atoms with Crippen molar-refractivity contribution < 1.29 is 19.1 Å². The van der Waals surface area contributed by atoms with Crippen molar-refractivity contribution in [2.24, 2.45) is 0 Å². The van der Waals surface area contributed by atoms with E-state index in [4.69, 9.17) is 9.47 Å². The van der Waals surface area contributed by atoms with Gasteiger partial charge in [0.25, 0.3) is 0 Å². The molecular formula is C21H18N2O4S. The summed E-state index contributed by atoms with van der Waals surface area (Å²) in [6.07, 6.45) is 1.46. The summed E-state index contributed by atoms with van der Waals surface area (Å²) in [5, 5.41) is 1.93. The Balaban J connectivity index is 1.34. The molecule has 1 amide bonds. The molecule has 1 aliphatic rings. The molecule has 0 N–H and O–H groups in total. The zero-order valence-electron chi connectivity index (χ0n) is 15.0. The van der Waals surface area contributed by atoms with Crippen molar-refractivity contribution in [2.75, 3.05) is 11.4 Å². The fourth-order valence-corrected chi connectivity index (χ4v) is 3.48. The SMILES string of the molecule is O=C(Oc1ccc(N2CCCC2=O)cc1)c1ccc(OCc2cscn2)cc1. The quantitative estimate of drug-likeness (QED) is 0.466. The number of hydrogen-bond acceptors (Lipinski definition) is 6. The number of esters is 1. The number of benzene rings is 2. The molecule has 0 aliphatic carbocycles. The first kappa shape index (κ1) is 18.2. The monoisotopic (exact) mass is 394 g/mol. The van der Waals surface area contributed by atoms with Crippen LogP contribution in [0.2, 0.25) is 0 Å². The van der Waals surface area contributed by atoms with Crippen LogP contribution in [0.25, 0.3) is 0 Å². The fraction of sp³-hybridized carbons (Fsp3) is 0.190. The van der Waals surface area contributed by atoms with Gasteiger partial charge in [-0.3, -0.25) is 4.79 Å². The van der Waals surface area contributed by atoms with Crippen LogP contribution in [0.1, 0.15) is 28.9 Å².